The van der Waals surface area contributed by atoms with Crippen molar-refractivity contribution in [2.45, 2.75) is 0 Å². The summed E-state index contributed by atoms with van der Waals surface area (Å²) in [5, 5.41) is 0.373. The molecule has 0 amide bonds. The highest BCUT2D eigenvalue weighted by atomic mass is 35.5. The molecule has 0 spiro atoms. The van der Waals surface area contributed by atoms with E-state index < -0.39 is 12.5 Å². The molecule has 1 nitrogen and oxygen atoms in total. The molecule has 4 heteroatoms. The third-order valence-corrected chi connectivity index (χ3v) is 2.19. The average Bonchev–Trinajstić information content (AvgIpc) is 2.08. The van der Waals surface area contributed by atoms with Gasteiger partial charge < -0.3 is 0 Å². The van der Waals surface area contributed by atoms with Gasteiger partial charge in [0.25, 0.3) is 0 Å². The van der Waals surface area contributed by atoms with Crippen LogP contribution in [0, 0.1) is 0 Å². The Morgan fingerprint density at radius 1 is 1.42 bits per heavy atom. The number of ketones is 1. The minimum atomic E-state index is -1.06. The number of alkyl halides is 1. The lowest BCUT2D eigenvalue weighted by molar-refractivity contribution is 0.0959. The van der Waals surface area contributed by atoms with Crippen molar-refractivity contribution in [3.8, 4) is 0 Å². The molecule has 0 saturated heterocycles. The first kappa shape index (κ1) is 9.49. The Labute approximate surface area is 79.1 Å². The highest BCUT2D eigenvalue weighted by Crippen LogP contribution is 2.25. The molecule has 1 aromatic carbocycles. The standard InChI is InChI=1S/C8H5Cl2FO/c9-6-3-1-2-5(8(6)10)7(12)4-11/h1-3H,4H2. The summed E-state index contributed by atoms with van der Waals surface area (Å²) in [6.45, 7) is -1.06. The number of halogens is 3. The molecule has 64 valence electrons. The summed E-state index contributed by atoms with van der Waals surface area (Å²) in [7, 11) is 0. The first-order valence-electron chi connectivity index (χ1n) is 3.20. The molecular formula is C8H5Cl2FO. The zero-order chi connectivity index (χ0) is 9.14. The van der Waals surface area contributed by atoms with E-state index >= 15 is 0 Å². The smallest absolute Gasteiger partial charge is 0.195 e. The van der Waals surface area contributed by atoms with Crippen LogP contribution in [-0.4, -0.2) is 12.5 Å². The van der Waals surface area contributed by atoms with Crippen LogP contribution in [0.25, 0.3) is 0 Å². The highest BCUT2D eigenvalue weighted by molar-refractivity contribution is 6.43. The number of benzene rings is 1. The summed E-state index contributed by atoms with van der Waals surface area (Å²) in [5.41, 5.74) is 0.131. The lowest BCUT2D eigenvalue weighted by Crippen LogP contribution is -2.01. The topological polar surface area (TPSA) is 17.1 Å². The van der Waals surface area contributed by atoms with Crippen LogP contribution in [0.4, 0.5) is 4.39 Å². The minimum Gasteiger partial charge on any atom is -0.291 e. The van der Waals surface area contributed by atoms with Crippen molar-refractivity contribution in [1.29, 1.82) is 0 Å². The van der Waals surface area contributed by atoms with Gasteiger partial charge in [-0.05, 0) is 12.1 Å². The first-order chi connectivity index (χ1) is 5.66. The van der Waals surface area contributed by atoms with E-state index in [4.69, 9.17) is 23.2 Å². The Morgan fingerprint density at radius 3 is 2.67 bits per heavy atom. The van der Waals surface area contributed by atoms with Gasteiger partial charge in [0.2, 0.25) is 0 Å². The molecule has 0 heterocycles. The molecule has 1 aromatic rings. The molecule has 0 aromatic heterocycles. The molecule has 0 saturated carbocycles. The van der Waals surface area contributed by atoms with E-state index in [9.17, 15) is 9.18 Å². The largest absolute Gasteiger partial charge is 0.291 e. The van der Waals surface area contributed by atoms with Crippen molar-refractivity contribution in [3.63, 3.8) is 0 Å². The quantitative estimate of drug-likeness (QED) is 0.680. The van der Waals surface area contributed by atoms with Gasteiger partial charge in [0, 0.05) is 5.56 Å². The number of rotatable bonds is 2. The van der Waals surface area contributed by atoms with Crippen molar-refractivity contribution < 1.29 is 9.18 Å². The molecule has 0 bridgehead atoms. The van der Waals surface area contributed by atoms with Crippen molar-refractivity contribution in [2.75, 3.05) is 6.67 Å². The van der Waals surface area contributed by atoms with Crippen LogP contribution >= 0.6 is 23.2 Å². The summed E-state index contributed by atoms with van der Waals surface area (Å²) >= 11 is 11.3. The normalized spacial score (nSPS) is 9.92. The van der Waals surface area contributed by atoms with Crippen molar-refractivity contribution in [2.24, 2.45) is 0 Å². The van der Waals surface area contributed by atoms with E-state index in [0.717, 1.165) is 0 Å². The van der Waals surface area contributed by atoms with Crippen LogP contribution in [0.5, 0.6) is 0 Å². The predicted molar refractivity (Wildman–Crippen MR) is 46.8 cm³/mol. The van der Waals surface area contributed by atoms with Crippen LogP contribution in [0.3, 0.4) is 0 Å². The number of carbonyl (C=O) groups is 1. The van der Waals surface area contributed by atoms with Gasteiger partial charge in [-0.15, -0.1) is 0 Å². The minimum absolute atomic E-state index is 0.113. The van der Waals surface area contributed by atoms with Crippen molar-refractivity contribution >= 4 is 29.0 Å². The monoisotopic (exact) mass is 206 g/mol. The summed E-state index contributed by atoms with van der Waals surface area (Å²) in [6.07, 6.45) is 0. The van der Waals surface area contributed by atoms with Gasteiger partial charge in [-0.1, -0.05) is 29.3 Å². The average molecular weight is 207 g/mol. The maximum atomic E-state index is 11.9. The maximum absolute atomic E-state index is 11.9. The SMILES string of the molecule is O=C(CF)c1cccc(Cl)c1Cl. The molecule has 0 fully saturated rings. The summed E-state index contributed by atoms with van der Waals surface area (Å²) in [4.78, 5) is 10.9. The molecule has 0 atom stereocenters. The molecular weight excluding hydrogens is 202 g/mol. The van der Waals surface area contributed by atoms with E-state index in [1.165, 1.54) is 6.07 Å². The van der Waals surface area contributed by atoms with Gasteiger partial charge in [0.05, 0.1) is 10.0 Å². The van der Waals surface area contributed by atoms with Crippen molar-refractivity contribution in [3.05, 3.63) is 33.8 Å². The van der Waals surface area contributed by atoms with Gasteiger partial charge in [-0.25, -0.2) is 4.39 Å². The van der Waals surface area contributed by atoms with Crippen LogP contribution in [0.15, 0.2) is 18.2 Å². The Kier molecular flexibility index (Phi) is 3.06. The van der Waals surface area contributed by atoms with Gasteiger partial charge in [-0.3, -0.25) is 4.79 Å². The third kappa shape index (κ3) is 1.76. The van der Waals surface area contributed by atoms with E-state index in [1.807, 2.05) is 0 Å². The summed E-state index contributed by atoms with van der Waals surface area (Å²) in [5.74, 6) is -0.650. The zero-order valence-corrected chi connectivity index (χ0v) is 7.49. The highest BCUT2D eigenvalue weighted by Gasteiger charge is 2.11. The fraction of sp³-hybridized carbons (Fsp3) is 0.125. The van der Waals surface area contributed by atoms with Crippen LogP contribution in [-0.2, 0) is 0 Å². The molecule has 1 rings (SSSR count). The van der Waals surface area contributed by atoms with Gasteiger partial charge in [0.15, 0.2) is 12.5 Å². The zero-order valence-electron chi connectivity index (χ0n) is 5.98. The molecule has 0 radical (unpaired) electrons. The number of hydrogen-bond acceptors (Lipinski definition) is 1. The van der Waals surface area contributed by atoms with E-state index in [-0.39, 0.29) is 15.6 Å². The lowest BCUT2D eigenvalue weighted by Gasteiger charge is -2.00. The molecule has 12 heavy (non-hydrogen) atoms. The predicted octanol–water partition coefficient (Wildman–Crippen LogP) is 3.15. The van der Waals surface area contributed by atoms with E-state index in [2.05, 4.69) is 0 Å². The second kappa shape index (κ2) is 3.87. The molecule has 0 unspecified atom stereocenters. The van der Waals surface area contributed by atoms with Crippen LogP contribution in [0.2, 0.25) is 10.0 Å². The number of carbonyl (C=O) groups excluding carboxylic acids is 1. The summed E-state index contributed by atoms with van der Waals surface area (Å²) in [6, 6.07) is 4.53. The van der Waals surface area contributed by atoms with Gasteiger partial charge in [-0.2, -0.15) is 0 Å². The van der Waals surface area contributed by atoms with Crippen LogP contribution < -0.4 is 0 Å². The first-order valence-corrected chi connectivity index (χ1v) is 3.95. The van der Waals surface area contributed by atoms with Crippen molar-refractivity contribution in [1.82, 2.24) is 0 Å². The summed E-state index contributed by atoms with van der Waals surface area (Å²) < 4.78 is 11.9. The molecule has 0 aliphatic heterocycles. The Balaban J connectivity index is 3.16. The third-order valence-electron chi connectivity index (χ3n) is 1.37. The molecule has 0 aliphatic rings. The lowest BCUT2D eigenvalue weighted by atomic mass is 10.1. The Morgan fingerprint density at radius 2 is 2.08 bits per heavy atom. The van der Waals surface area contributed by atoms with Crippen LogP contribution in [0.1, 0.15) is 10.4 Å². The number of Topliss-reactive ketones (excluding diaryl/α,β-unsaturated/α-hetero) is 1. The fourth-order valence-corrected chi connectivity index (χ4v) is 1.20. The van der Waals surface area contributed by atoms with E-state index in [1.54, 1.807) is 12.1 Å². The van der Waals surface area contributed by atoms with Gasteiger partial charge in [0.1, 0.15) is 0 Å². The maximum Gasteiger partial charge on any atom is 0.195 e. The second-order valence-electron chi connectivity index (χ2n) is 2.16. The second-order valence-corrected chi connectivity index (χ2v) is 2.94. The Bertz CT molecular complexity index is 312. The molecule has 0 N–H and O–H groups in total. The number of hydrogen-bond donors (Lipinski definition) is 0. The fourth-order valence-electron chi connectivity index (χ4n) is 0.791. The van der Waals surface area contributed by atoms with Gasteiger partial charge >= 0.3 is 0 Å². The molecule has 0 aliphatic carbocycles. The van der Waals surface area contributed by atoms with E-state index in [0.29, 0.717) is 0 Å². The Hall–Kier alpha value is -0.600.